The molecule has 0 N–H and O–H groups in total. The van der Waals surface area contributed by atoms with Crippen LogP contribution in [0.3, 0.4) is 0 Å². The van der Waals surface area contributed by atoms with Crippen molar-refractivity contribution in [3.63, 3.8) is 0 Å². The molecule has 0 aliphatic carbocycles. The highest BCUT2D eigenvalue weighted by molar-refractivity contribution is 5.65. The van der Waals surface area contributed by atoms with Gasteiger partial charge in [-0.05, 0) is 26.2 Å². The van der Waals surface area contributed by atoms with Gasteiger partial charge in [0.1, 0.15) is 22.9 Å². The standard InChI is InChI=1S/C24H26N8/c1-3-24-12-8-5-9-14-31(24)21-19(32-17(2)28-29-22(24)32)16-26-23(27-21)30-15-13-25-20(30)18-10-6-4-7-11-18/h4,6-7,10-11,13,15-16H,3,5,8-9,12,14H2,1-2H3. The fourth-order valence-electron chi connectivity index (χ4n) is 5.33. The quantitative estimate of drug-likeness (QED) is 0.488. The van der Waals surface area contributed by atoms with E-state index in [0.29, 0.717) is 5.95 Å². The van der Waals surface area contributed by atoms with E-state index in [0.717, 1.165) is 60.3 Å². The minimum Gasteiger partial charge on any atom is -0.342 e. The van der Waals surface area contributed by atoms with E-state index in [1.807, 2.05) is 42.1 Å². The van der Waals surface area contributed by atoms with Gasteiger partial charge in [-0.3, -0.25) is 9.13 Å². The molecule has 32 heavy (non-hydrogen) atoms. The van der Waals surface area contributed by atoms with Crippen molar-refractivity contribution in [3.05, 3.63) is 60.6 Å². The van der Waals surface area contributed by atoms with E-state index in [-0.39, 0.29) is 5.54 Å². The minimum atomic E-state index is -0.187. The maximum atomic E-state index is 5.14. The first-order chi connectivity index (χ1) is 15.7. The number of hydrogen-bond acceptors (Lipinski definition) is 6. The van der Waals surface area contributed by atoms with Crippen LogP contribution in [0, 0.1) is 6.92 Å². The van der Waals surface area contributed by atoms with Crippen LogP contribution in [0.15, 0.2) is 48.9 Å². The minimum absolute atomic E-state index is 0.187. The molecule has 4 aromatic rings. The number of benzene rings is 1. The van der Waals surface area contributed by atoms with Gasteiger partial charge in [0.05, 0.1) is 6.20 Å². The molecule has 0 amide bonds. The molecule has 0 spiro atoms. The molecule has 1 unspecified atom stereocenters. The molecule has 8 nitrogen and oxygen atoms in total. The van der Waals surface area contributed by atoms with Crippen LogP contribution in [-0.4, -0.2) is 40.8 Å². The molecule has 0 bridgehead atoms. The first-order valence-electron chi connectivity index (χ1n) is 11.4. The van der Waals surface area contributed by atoms with Crippen molar-refractivity contribution in [2.75, 3.05) is 11.4 Å². The highest BCUT2D eigenvalue weighted by Gasteiger charge is 2.47. The number of nitrogens with zero attached hydrogens (tertiary/aromatic N) is 8. The predicted octanol–water partition coefficient (Wildman–Crippen LogP) is 4.22. The zero-order valence-corrected chi connectivity index (χ0v) is 18.4. The van der Waals surface area contributed by atoms with Gasteiger partial charge in [-0.25, -0.2) is 9.97 Å². The second-order valence-corrected chi connectivity index (χ2v) is 8.62. The van der Waals surface area contributed by atoms with E-state index in [2.05, 4.69) is 43.7 Å². The Morgan fingerprint density at radius 3 is 2.75 bits per heavy atom. The summed E-state index contributed by atoms with van der Waals surface area (Å²) >= 11 is 0. The maximum Gasteiger partial charge on any atom is 0.237 e. The van der Waals surface area contributed by atoms with Gasteiger partial charge in [0.15, 0.2) is 11.6 Å². The van der Waals surface area contributed by atoms with Gasteiger partial charge in [-0.2, -0.15) is 4.98 Å². The third kappa shape index (κ3) is 2.65. The normalized spacial score (nSPS) is 19.8. The van der Waals surface area contributed by atoms with Crippen LogP contribution in [0.1, 0.15) is 50.7 Å². The molecule has 2 aliphatic heterocycles. The lowest BCUT2D eigenvalue weighted by Gasteiger charge is -2.46. The van der Waals surface area contributed by atoms with Gasteiger partial charge in [-0.15, -0.1) is 10.2 Å². The molecule has 162 valence electrons. The first-order valence-corrected chi connectivity index (χ1v) is 11.4. The number of rotatable bonds is 3. The van der Waals surface area contributed by atoms with Crippen molar-refractivity contribution in [1.29, 1.82) is 0 Å². The maximum absolute atomic E-state index is 5.14. The van der Waals surface area contributed by atoms with Crippen LogP contribution in [-0.2, 0) is 5.54 Å². The van der Waals surface area contributed by atoms with Crippen LogP contribution in [0.25, 0.3) is 23.0 Å². The highest BCUT2D eigenvalue weighted by Crippen LogP contribution is 2.47. The Hall–Kier alpha value is -3.55. The number of aromatic nitrogens is 7. The van der Waals surface area contributed by atoms with Crippen molar-refractivity contribution in [1.82, 2.24) is 34.3 Å². The summed E-state index contributed by atoms with van der Waals surface area (Å²) in [6, 6.07) is 10.2. The lowest BCUT2D eigenvalue weighted by Crippen LogP contribution is -2.51. The van der Waals surface area contributed by atoms with Crippen molar-refractivity contribution < 1.29 is 0 Å². The van der Waals surface area contributed by atoms with Crippen LogP contribution in [0.5, 0.6) is 0 Å². The molecule has 5 heterocycles. The smallest absolute Gasteiger partial charge is 0.237 e. The van der Waals surface area contributed by atoms with Gasteiger partial charge < -0.3 is 4.90 Å². The zero-order valence-electron chi connectivity index (χ0n) is 18.4. The van der Waals surface area contributed by atoms with E-state index in [4.69, 9.17) is 9.97 Å². The van der Waals surface area contributed by atoms with Crippen LogP contribution < -0.4 is 4.90 Å². The Labute approximate surface area is 187 Å². The Bertz CT molecular complexity index is 1270. The summed E-state index contributed by atoms with van der Waals surface area (Å²) in [5.41, 5.74) is 1.81. The Balaban J connectivity index is 1.56. The number of hydrogen-bond donors (Lipinski definition) is 0. The van der Waals surface area contributed by atoms with E-state index in [1.165, 1.54) is 12.8 Å². The first kappa shape index (κ1) is 19.2. The number of fused-ring (bicyclic) bond motifs is 6. The lowest BCUT2D eigenvalue weighted by atomic mass is 9.86. The third-order valence-electron chi connectivity index (χ3n) is 6.94. The van der Waals surface area contributed by atoms with Gasteiger partial charge in [0, 0.05) is 24.5 Å². The van der Waals surface area contributed by atoms with Crippen molar-refractivity contribution in [2.24, 2.45) is 0 Å². The molecule has 1 fully saturated rings. The zero-order chi connectivity index (χ0) is 21.7. The molecular formula is C24H26N8. The molecule has 3 aromatic heterocycles. The molecule has 0 saturated carbocycles. The summed E-state index contributed by atoms with van der Waals surface area (Å²) in [6.07, 6.45) is 11.2. The van der Waals surface area contributed by atoms with Crippen molar-refractivity contribution in [3.8, 4) is 23.0 Å². The van der Waals surface area contributed by atoms with Gasteiger partial charge in [-0.1, -0.05) is 50.1 Å². The van der Waals surface area contributed by atoms with Gasteiger partial charge in [0.2, 0.25) is 5.95 Å². The largest absolute Gasteiger partial charge is 0.342 e. The van der Waals surface area contributed by atoms with E-state index >= 15 is 0 Å². The molecule has 2 aliphatic rings. The fraction of sp³-hybridized carbons (Fsp3) is 0.375. The topological polar surface area (TPSA) is 77.5 Å². The highest BCUT2D eigenvalue weighted by atomic mass is 15.4. The lowest BCUT2D eigenvalue weighted by molar-refractivity contribution is 0.329. The van der Waals surface area contributed by atoms with Crippen molar-refractivity contribution in [2.45, 2.75) is 51.5 Å². The molecule has 1 atom stereocenters. The van der Waals surface area contributed by atoms with Gasteiger partial charge >= 0.3 is 0 Å². The summed E-state index contributed by atoms with van der Waals surface area (Å²) < 4.78 is 4.13. The van der Waals surface area contributed by atoms with Gasteiger partial charge in [0.25, 0.3) is 0 Å². The molecule has 1 saturated heterocycles. The molecule has 8 heteroatoms. The summed E-state index contributed by atoms with van der Waals surface area (Å²) in [4.78, 5) is 17.0. The van der Waals surface area contributed by atoms with Crippen LogP contribution >= 0.6 is 0 Å². The second kappa shape index (κ2) is 7.25. The SMILES string of the molecule is CCC12CCCCCN1c1nc(-n3ccnc3-c3ccccc3)ncc1-n1c(C)nnc12. The van der Waals surface area contributed by atoms with Crippen LogP contribution in [0.4, 0.5) is 5.82 Å². The molecule has 0 radical (unpaired) electrons. The third-order valence-corrected chi connectivity index (χ3v) is 6.94. The summed E-state index contributed by atoms with van der Waals surface area (Å²) in [7, 11) is 0. The number of aryl methyl sites for hydroxylation is 1. The molecule has 6 rings (SSSR count). The summed E-state index contributed by atoms with van der Waals surface area (Å²) in [6.45, 7) is 5.22. The summed E-state index contributed by atoms with van der Waals surface area (Å²) in [5.74, 6) is 4.32. The molecular weight excluding hydrogens is 400 g/mol. The Morgan fingerprint density at radius 1 is 1.03 bits per heavy atom. The number of anilines is 1. The van der Waals surface area contributed by atoms with E-state index in [1.54, 1.807) is 6.20 Å². The van der Waals surface area contributed by atoms with E-state index < -0.39 is 0 Å². The molecule has 1 aromatic carbocycles. The summed E-state index contributed by atoms with van der Waals surface area (Å²) in [5, 5.41) is 9.10. The predicted molar refractivity (Wildman–Crippen MR) is 122 cm³/mol. The fourth-order valence-corrected chi connectivity index (χ4v) is 5.33. The average Bonchev–Trinajstić information content (AvgIpc) is 3.41. The monoisotopic (exact) mass is 426 g/mol. The Morgan fingerprint density at radius 2 is 1.91 bits per heavy atom. The van der Waals surface area contributed by atoms with E-state index in [9.17, 15) is 0 Å². The van der Waals surface area contributed by atoms with Crippen molar-refractivity contribution >= 4 is 5.82 Å². The Kier molecular flexibility index (Phi) is 4.34. The number of imidazole rings is 1. The van der Waals surface area contributed by atoms with Crippen LogP contribution in [0.2, 0.25) is 0 Å². The average molecular weight is 427 g/mol. The second-order valence-electron chi connectivity index (χ2n) is 8.62.